The zero-order valence-electron chi connectivity index (χ0n) is 25.7. The van der Waals surface area contributed by atoms with Gasteiger partial charge in [-0.05, 0) is 67.4 Å². The van der Waals surface area contributed by atoms with E-state index in [0.29, 0.717) is 27.6 Å². The molecule has 1 atom stereocenters. The first kappa shape index (κ1) is 37.1. The van der Waals surface area contributed by atoms with E-state index in [0.717, 1.165) is 6.07 Å². The summed E-state index contributed by atoms with van der Waals surface area (Å²) in [6.45, 7) is 2.26. The van der Waals surface area contributed by atoms with E-state index in [4.69, 9.17) is 34.8 Å². The number of anilines is 1. The van der Waals surface area contributed by atoms with Crippen molar-refractivity contribution in [1.82, 2.24) is 10.2 Å². The molecular weight excluding hydrogens is 710 g/mol. The normalized spacial score (nSPS) is 12.4. The van der Waals surface area contributed by atoms with Crippen LogP contribution in [0.25, 0.3) is 0 Å². The molecule has 48 heavy (non-hydrogen) atoms. The van der Waals surface area contributed by atoms with E-state index >= 15 is 0 Å². The quantitative estimate of drug-likeness (QED) is 0.160. The number of halogens is 6. The molecule has 0 heterocycles. The smallest absolute Gasteiger partial charge is 0.352 e. The maximum Gasteiger partial charge on any atom is 0.416 e. The van der Waals surface area contributed by atoms with Crippen LogP contribution in [-0.4, -0.2) is 43.8 Å². The van der Waals surface area contributed by atoms with Gasteiger partial charge >= 0.3 is 6.18 Å². The van der Waals surface area contributed by atoms with Gasteiger partial charge in [-0.2, -0.15) is 13.2 Å². The molecule has 0 fully saturated rings. The molecule has 2 amide bonds. The third-order valence-corrected chi connectivity index (χ3v) is 10.0. The number of nitrogens with one attached hydrogen (secondary N) is 1. The minimum absolute atomic E-state index is 0.0300. The number of alkyl halides is 3. The van der Waals surface area contributed by atoms with Gasteiger partial charge in [-0.15, -0.1) is 0 Å². The molecule has 7 nitrogen and oxygen atoms in total. The Balaban J connectivity index is 1.88. The lowest BCUT2D eigenvalue weighted by atomic mass is 10.0. The SMILES string of the molecule is CC(C)NC(=O)[C@H](Cc1ccccc1)N(Cc1ccc(Cl)c(Cl)c1)C(=O)CN(c1cc(C(F)(F)F)ccc1Cl)S(=O)(=O)c1ccccc1. The van der Waals surface area contributed by atoms with Crippen molar-refractivity contribution < 1.29 is 31.2 Å². The Morgan fingerprint density at radius 3 is 1.98 bits per heavy atom. The lowest BCUT2D eigenvalue weighted by molar-refractivity contribution is -0.140. The van der Waals surface area contributed by atoms with Crippen molar-refractivity contribution in [3.8, 4) is 0 Å². The number of rotatable bonds is 12. The predicted molar refractivity (Wildman–Crippen MR) is 182 cm³/mol. The van der Waals surface area contributed by atoms with E-state index in [9.17, 15) is 31.2 Å². The fraction of sp³-hybridized carbons (Fsp3) is 0.235. The lowest BCUT2D eigenvalue weighted by Crippen LogP contribution is -2.54. The third kappa shape index (κ3) is 9.22. The van der Waals surface area contributed by atoms with E-state index in [2.05, 4.69) is 5.32 Å². The Hall–Kier alpha value is -3.77. The van der Waals surface area contributed by atoms with Gasteiger partial charge in [0.25, 0.3) is 10.0 Å². The molecule has 0 aromatic heterocycles. The molecule has 0 saturated heterocycles. The highest BCUT2D eigenvalue weighted by molar-refractivity contribution is 7.92. The van der Waals surface area contributed by atoms with Crippen LogP contribution in [0.1, 0.15) is 30.5 Å². The molecule has 4 rings (SSSR count). The van der Waals surface area contributed by atoms with Crippen LogP contribution < -0.4 is 9.62 Å². The summed E-state index contributed by atoms with van der Waals surface area (Å²) in [5.74, 6) is -1.43. The van der Waals surface area contributed by atoms with Gasteiger partial charge < -0.3 is 10.2 Å². The van der Waals surface area contributed by atoms with Gasteiger partial charge in [0.2, 0.25) is 11.8 Å². The maximum absolute atomic E-state index is 14.5. The van der Waals surface area contributed by atoms with Crippen molar-refractivity contribution in [2.75, 3.05) is 10.8 Å². The van der Waals surface area contributed by atoms with Crippen LogP contribution in [0.3, 0.4) is 0 Å². The predicted octanol–water partition coefficient (Wildman–Crippen LogP) is 8.03. The molecule has 14 heteroatoms. The Morgan fingerprint density at radius 2 is 1.40 bits per heavy atom. The van der Waals surface area contributed by atoms with Gasteiger partial charge in [0.1, 0.15) is 12.6 Å². The molecule has 0 radical (unpaired) electrons. The minimum atomic E-state index is -4.85. The van der Waals surface area contributed by atoms with Crippen molar-refractivity contribution >= 4 is 62.3 Å². The Kier molecular flexibility index (Phi) is 12.1. The van der Waals surface area contributed by atoms with Gasteiger partial charge in [-0.3, -0.25) is 13.9 Å². The van der Waals surface area contributed by atoms with Crippen molar-refractivity contribution in [2.45, 2.75) is 50.0 Å². The number of carbonyl (C=O) groups excluding carboxylic acids is 2. The van der Waals surface area contributed by atoms with Crippen LogP contribution in [0.15, 0.2) is 102 Å². The summed E-state index contributed by atoms with van der Waals surface area (Å²) in [6.07, 6.45) is -4.82. The molecule has 1 N–H and O–H groups in total. The second-order valence-electron chi connectivity index (χ2n) is 11.1. The van der Waals surface area contributed by atoms with E-state index in [1.165, 1.54) is 41.3 Å². The monoisotopic (exact) mass is 739 g/mol. The fourth-order valence-corrected chi connectivity index (χ4v) is 6.92. The standard InChI is InChI=1S/C34H31Cl3F3N3O4S/c1-22(2)41-33(45)31(18-23-9-5-3-6-10-23)42(20-24-13-15-27(35)29(37)17-24)32(44)21-43(48(46,47)26-11-7-4-8-12-26)30-19-25(34(38,39)40)14-16-28(30)36/h3-17,19,22,31H,18,20-21H2,1-2H3,(H,41,45)/t31-/m0/s1. The summed E-state index contributed by atoms with van der Waals surface area (Å²) >= 11 is 18.7. The zero-order chi connectivity index (χ0) is 35.2. The lowest BCUT2D eigenvalue weighted by Gasteiger charge is -2.34. The van der Waals surface area contributed by atoms with Gasteiger partial charge in [0.05, 0.1) is 31.2 Å². The largest absolute Gasteiger partial charge is 0.416 e. The Morgan fingerprint density at radius 1 is 0.792 bits per heavy atom. The molecule has 0 aliphatic carbocycles. The number of hydrogen-bond donors (Lipinski definition) is 1. The molecule has 0 bridgehead atoms. The van der Waals surface area contributed by atoms with E-state index in [1.807, 2.05) is 0 Å². The molecule has 254 valence electrons. The summed E-state index contributed by atoms with van der Waals surface area (Å²) in [7, 11) is -4.68. The van der Waals surface area contributed by atoms with Gasteiger partial charge in [0.15, 0.2) is 0 Å². The van der Waals surface area contributed by atoms with Crippen LogP contribution in [0, 0.1) is 0 Å². The maximum atomic E-state index is 14.5. The molecular formula is C34H31Cl3F3N3O4S. The van der Waals surface area contributed by atoms with Crippen molar-refractivity contribution in [3.05, 3.63) is 129 Å². The van der Waals surface area contributed by atoms with Crippen LogP contribution in [0.4, 0.5) is 18.9 Å². The van der Waals surface area contributed by atoms with Crippen molar-refractivity contribution in [3.63, 3.8) is 0 Å². The summed E-state index contributed by atoms with van der Waals surface area (Å²) < 4.78 is 70.2. The first-order chi connectivity index (χ1) is 22.6. The molecule has 4 aromatic rings. The van der Waals surface area contributed by atoms with E-state index in [1.54, 1.807) is 56.3 Å². The third-order valence-electron chi connectivity index (χ3n) is 7.19. The van der Waals surface area contributed by atoms with Crippen LogP contribution in [0.2, 0.25) is 15.1 Å². The summed E-state index contributed by atoms with van der Waals surface area (Å²) in [5, 5.41) is 2.90. The van der Waals surface area contributed by atoms with Crippen LogP contribution in [-0.2, 0) is 38.8 Å². The number of amides is 2. The van der Waals surface area contributed by atoms with Crippen molar-refractivity contribution in [1.29, 1.82) is 0 Å². The Bertz CT molecular complexity index is 1860. The van der Waals surface area contributed by atoms with Gasteiger partial charge in [0, 0.05) is 19.0 Å². The number of carbonyl (C=O) groups is 2. The number of sulfonamides is 1. The molecule has 0 unspecified atom stereocenters. The summed E-state index contributed by atoms with van der Waals surface area (Å²) in [5.41, 5.74) is -0.580. The second-order valence-corrected chi connectivity index (χ2v) is 14.2. The number of benzene rings is 4. The molecule has 0 saturated carbocycles. The number of hydrogen-bond acceptors (Lipinski definition) is 4. The highest BCUT2D eigenvalue weighted by Crippen LogP contribution is 2.37. The van der Waals surface area contributed by atoms with Crippen molar-refractivity contribution in [2.24, 2.45) is 0 Å². The minimum Gasteiger partial charge on any atom is -0.352 e. The molecule has 4 aromatic carbocycles. The van der Waals surface area contributed by atoms with E-state index in [-0.39, 0.29) is 39.0 Å². The summed E-state index contributed by atoms with van der Waals surface area (Å²) in [4.78, 5) is 29.1. The second kappa shape index (κ2) is 15.6. The number of nitrogens with zero attached hydrogens (tertiary/aromatic N) is 2. The van der Waals surface area contributed by atoms with Crippen LogP contribution in [0.5, 0.6) is 0 Å². The average molecular weight is 741 g/mol. The zero-order valence-corrected chi connectivity index (χ0v) is 28.8. The van der Waals surface area contributed by atoms with E-state index < -0.39 is 51.9 Å². The van der Waals surface area contributed by atoms with Crippen LogP contribution >= 0.6 is 34.8 Å². The first-order valence-electron chi connectivity index (χ1n) is 14.6. The van der Waals surface area contributed by atoms with Gasteiger partial charge in [-0.25, -0.2) is 8.42 Å². The Labute approximate surface area is 292 Å². The average Bonchev–Trinajstić information content (AvgIpc) is 3.03. The fourth-order valence-electron chi connectivity index (χ4n) is 4.88. The van der Waals surface area contributed by atoms with Gasteiger partial charge in [-0.1, -0.05) is 89.4 Å². The highest BCUT2D eigenvalue weighted by atomic mass is 35.5. The topological polar surface area (TPSA) is 86.8 Å². The highest BCUT2D eigenvalue weighted by Gasteiger charge is 2.37. The summed E-state index contributed by atoms with van der Waals surface area (Å²) in [6, 6.07) is 21.1. The molecule has 0 aliphatic rings. The molecule has 0 spiro atoms. The molecule has 0 aliphatic heterocycles. The first-order valence-corrected chi connectivity index (χ1v) is 17.2.